The molecule has 1 fully saturated rings. The van der Waals surface area contributed by atoms with E-state index in [0.29, 0.717) is 5.75 Å². The first-order chi connectivity index (χ1) is 11.8. The van der Waals surface area contributed by atoms with Gasteiger partial charge < -0.3 is 9.84 Å². The van der Waals surface area contributed by atoms with Crippen LogP contribution < -0.4 is 0 Å². The average Bonchev–Trinajstić information content (AvgIpc) is 2.66. The topological polar surface area (TPSA) is 32.7 Å². The largest absolute Gasteiger partial charge is 0.508 e. The molecular weight excluding hydrogens is 298 g/mol. The number of phenols is 1. The summed E-state index contributed by atoms with van der Waals surface area (Å²) in [6, 6.07) is 22.5. The normalized spacial score (nSPS) is 17.0. The van der Waals surface area contributed by atoms with E-state index in [9.17, 15) is 5.11 Å². The number of benzene rings is 3. The lowest BCUT2D eigenvalue weighted by Crippen LogP contribution is -2.39. The van der Waals surface area contributed by atoms with Crippen molar-refractivity contribution in [2.75, 3.05) is 26.3 Å². The smallest absolute Gasteiger partial charge is 0.121 e. The highest BCUT2D eigenvalue weighted by atomic mass is 16.5. The average molecular weight is 319 g/mol. The van der Waals surface area contributed by atoms with E-state index in [4.69, 9.17) is 4.74 Å². The van der Waals surface area contributed by atoms with Gasteiger partial charge in [0.05, 0.1) is 19.3 Å². The lowest BCUT2D eigenvalue weighted by Gasteiger charge is -2.36. The van der Waals surface area contributed by atoms with Gasteiger partial charge in [0.1, 0.15) is 5.75 Å². The van der Waals surface area contributed by atoms with Crippen LogP contribution in [0.15, 0.2) is 66.7 Å². The molecule has 1 aliphatic heterocycles. The van der Waals surface area contributed by atoms with Crippen molar-refractivity contribution < 1.29 is 9.84 Å². The minimum Gasteiger partial charge on any atom is -0.508 e. The fourth-order valence-corrected chi connectivity index (χ4v) is 3.60. The van der Waals surface area contributed by atoms with Crippen LogP contribution in [0.4, 0.5) is 0 Å². The summed E-state index contributed by atoms with van der Waals surface area (Å²) in [5, 5.41) is 13.0. The van der Waals surface area contributed by atoms with Crippen LogP contribution in [0.1, 0.15) is 17.2 Å². The summed E-state index contributed by atoms with van der Waals surface area (Å²) >= 11 is 0. The van der Waals surface area contributed by atoms with Gasteiger partial charge in [0, 0.05) is 18.7 Å². The lowest BCUT2D eigenvalue weighted by molar-refractivity contribution is 0.0238. The molecule has 24 heavy (non-hydrogen) atoms. The van der Waals surface area contributed by atoms with Gasteiger partial charge >= 0.3 is 0 Å². The number of aromatic hydroxyl groups is 1. The number of hydrogen-bond acceptors (Lipinski definition) is 3. The Balaban J connectivity index is 1.92. The van der Waals surface area contributed by atoms with E-state index in [1.807, 2.05) is 30.3 Å². The molecule has 1 aliphatic rings. The quantitative estimate of drug-likeness (QED) is 0.793. The third-order valence-corrected chi connectivity index (χ3v) is 4.75. The Morgan fingerprint density at radius 2 is 1.54 bits per heavy atom. The van der Waals surface area contributed by atoms with Gasteiger partial charge in [-0.2, -0.15) is 0 Å². The predicted molar refractivity (Wildman–Crippen MR) is 96.3 cm³/mol. The predicted octanol–water partition coefficient (Wildman–Crippen LogP) is 3.97. The molecule has 0 aromatic heterocycles. The standard InChI is InChI=1S/C21H21NO2/c23-19-11-10-16-6-4-5-9-18(16)20(19)21(17-7-2-1-3-8-17)22-12-14-24-15-13-22/h1-11,21,23H,12-15H2. The van der Waals surface area contributed by atoms with Crippen molar-refractivity contribution in [2.24, 2.45) is 0 Å². The van der Waals surface area contributed by atoms with Gasteiger partial charge in [-0.05, 0) is 22.4 Å². The first-order valence-corrected chi connectivity index (χ1v) is 8.42. The van der Waals surface area contributed by atoms with Crippen molar-refractivity contribution in [3.8, 4) is 5.75 Å². The SMILES string of the molecule is Oc1ccc2ccccc2c1C(c1ccccc1)N1CCOCC1. The number of nitrogens with zero attached hydrogens (tertiary/aromatic N) is 1. The molecular formula is C21H21NO2. The Bertz CT molecular complexity index is 826. The van der Waals surface area contributed by atoms with E-state index in [1.54, 1.807) is 0 Å². The summed E-state index contributed by atoms with van der Waals surface area (Å²) in [6.07, 6.45) is 0. The van der Waals surface area contributed by atoms with Gasteiger partial charge in [0.25, 0.3) is 0 Å². The van der Waals surface area contributed by atoms with Crippen molar-refractivity contribution in [3.05, 3.63) is 77.9 Å². The van der Waals surface area contributed by atoms with Gasteiger partial charge in [-0.1, -0.05) is 60.7 Å². The van der Waals surface area contributed by atoms with Crippen molar-refractivity contribution in [3.63, 3.8) is 0 Å². The Morgan fingerprint density at radius 3 is 2.33 bits per heavy atom. The molecule has 0 radical (unpaired) electrons. The van der Waals surface area contributed by atoms with Crippen LogP contribution in [-0.4, -0.2) is 36.3 Å². The Hall–Kier alpha value is -2.36. The van der Waals surface area contributed by atoms with E-state index < -0.39 is 0 Å². The number of morpholine rings is 1. The van der Waals surface area contributed by atoms with Crippen LogP contribution >= 0.6 is 0 Å². The highest BCUT2D eigenvalue weighted by molar-refractivity contribution is 5.88. The molecule has 0 amide bonds. The zero-order chi connectivity index (χ0) is 16.4. The van der Waals surface area contributed by atoms with E-state index in [0.717, 1.165) is 42.6 Å². The molecule has 3 aromatic carbocycles. The van der Waals surface area contributed by atoms with Crippen LogP contribution in [0.25, 0.3) is 10.8 Å². The summed E-state index contributed by atoms with van der Waals surface area (Å²) < 4.78 is 5.54. The first kappa shape index (κ1) is 15.2. The van der Waals surface area contributed by atoms with Gasteiger partial charge in [-0.15, -0.1) is 0 Å². The maximum atomic E-state index is 10.7. The maximum absolute atomic E-state index is 10.7. The van der Waals surface area contributed by atoms with Crippen LogP contribution in [0.5, 0.6) is 5.75 Å². The van der Waals surface area contributed by atoms with E-state index in [1.165, 1.54) is 5.56 Å². The highest BCUT2D eigenvalue weighted by Crippen LogP contribution is 2.39. The van der Waals surface area contributed by atoms with E-state index in [2.05, 4.69) is 41.3 Å². The zero-order valence-corrected chi connectivity index (χ0v) is 13.6. The monoisotopic (exact) mass is 319 g/mol. The number of phenolic OH excluding ortho intramolecular Hbond substituents is 1. The van der Waals surface area contributed by atoms with Crippen LogP contribution in [0.3, 0.4) is 0 Å². The number of ether oxygens (including phenoxy) is 1. The second kappa shape index (κ2) is 6.63. The van der Waals surface area contributed by atoms with Gasteiger partial charge in [0.2, 0.25) is 0 Å². The molecule has 1 saturated heterocycles. The summed E-state index contributed by atoms with van der Waals surface area (Å²) in [5.41, 5.74) is 2.19. The number of rotatable bonds is 3. The molecule has 0 saturated carbocycles. The number of fused-ring (bicyclic) bond motifs is 1. The third kappa shape index (κ3) is 2.77. The van der Waals surface area contributed by atoms with Gasteiger partial charge in [0.15, 0.2) is 0 Å². The molecule has 4 rings (SSSR count). The summed E-state index contributed by atoms with van der Waals surface area (Å²) in [4.78, 5) is 2.40. The molecule has 1 N–H and O–H groups in total. The molecule has 3 nitrogen and oxygen atoms in total. The van der Waals surface area contributed by atoms with Crippen molar-refractivity contribution in [1.29, 1.82) is 0 Å². The Labute approximate surface area is 142 Å². The Morgan fingerprint density at radius 1 is 0.833 bits per heavy atom. The van der Waals surface area contributed by atoms with Gasteiger partial charge in [-0.25, -0.2) is 0 Å². The van der Waals surface area contributed by atoms with Crippen LogP contribution in [0, 0.1) is 0 Å². The molecule has 0 aliphatic carbocycles. The van der Waals surface area contributed by atoms with Crippen LogP contribution in [0.2, 0.25) is 0 Å². The fraction of sp³-hybridized carbons (Fsp3) is 0.238. The van der Waals surface area contributed by atoms with Crippen LogP contribution in [-0.2, 0) is 4.74 Å². The lowest BCUT2D eigenvalue weighted by atomic mass is 9.91. The maximum Gasteiger partial charge on any atom is 0.121 e. The zero-order valence-electron chi connectivity index (χ0n) is 13.6. The Kier molecular flexibility index (Phi) is 4.20. The second-order valence-corrected chi connectivity index (χ2v) is 6.18. The van der Waals surface area contributed by atoms with E-state index in [-0.39, 0.29) is 6.04 Å². The summed E-state index contributed by atoms with van der Waals surface area (Å²) in [5.74, 6) is 0.356. The van der Waals surface area contributed by atoms with Crippen molar-refractivity contribution >= 4 is 10.8 Å². The van der Waals surface area contributed by atoms with Crippen molar-refractivity contribution in [2.45, 2.75) is 6.04 Å². The molecule has 3 aromatic rings. The van der Waals surface area contributed by atoms with Gasteiger partial charge in [-0.3, -0.25) is 4.90 Å². The van der Waals surface area contributed by atoms with E-state index >= 15 is 0 Å². The van der Waals surface area contributed by atoms with Crippen molar-refractivity contribution in [1.82, 2.24) is 4.90 Å². The minimum atomic E-state index is 0.0289. The molecule has 0 spiro atoms. The molecule has 1 atom stereocenters. The second-order valence-electron chi connectivity index (χ2n) is 6.18. The molecule has 0 bridgehead atoms. The first-order valence-electron chi connectivity index (χ1n) is 8.42. The molecule has 122 valence electrons. The molecule has 1 unspecified atom stereocenters. The highest BCUT2D eigenvalue weighted by Gasteiger charge is 2.27. The fourth-order valence-electron chi connectivity index (χ4n) is 3.60. The molecule has 1 heterocycles. The third-order valence-electron chi connectivity index (χ3n) is 4.75. The minimum absolute atomic E-state index is 0.0289. The summed E-state index contributed by atoms with van der Waals surface area (Å²) in [6.45, 7) is 3.19. The summed E-state index contributed by atoms with van der Waals surface area (Å²) in [7, 11) is 0. The molecule has 3 heteroatoms. The number of hydrogen-bond donors (Lipinski definition) is 1.